The van der Waals surface area contributed by atoms with Crippen molar-refractivity contribution in [2.75, 3.05) is 25.6 Å². The monoisotopic (exact) mass is 336 g/mol. The van der Waals surface area contributed by atoms with Gasteiger partial charge in [-0.1, -0.05) is 0 Å². The second-order valence-corrected chi connectivity index (χ2v) is 6.03. The summed E-state index contributed by atoms with van der Waals surface area (Å²) in [5.74, 6) is -1.24. The molecule has 1 saturated carbocycles. The third kappa shape index (κ3) is 3.34. The number of nitrogens with one attached hydrogen (secondary N) is 1. The van der Waals surface area contributed by atoms with Crippen LogP contribution in [-0.2, 0) is 14.2 Å². The Morgan fingerprint density at radius 2 is 2.17 bits per heavy atom. The van der Waals surface area contributed by atoms with Crippen molar-refractivity contribution in [3.05, 3.63) is 33.9 Å². The maximum absolute atomic E-state index is 11.8. The molecule has 3 rings (SSSR count). The molecule has 0 aromatic heterocycles. The number of hydrogen-bond acceptors (Lipinski definition) is 7. The minimum atomic E-state index is -0.729. The molecule has 0 radical (unpaired) electrons. The predicted octanol–water partition coefficient (Wildman–Crippen LogP) is 2.48. The van der Waals surface area contributed by atoms with Gasteiger partial charge in [0.15, 0.2) is 5.79 Å². The lowest BCUT2D eigenvalue weighted by atomic mass is 9.89. The number of hydrogen-bond donors (Lipinski definition) is 1. The molecule has 0 unspecified atom stereocenters. The highest BCUT2D eigenvalue weighted by molar-refractivity contribution is 5.95. The molecule has 1 spiro atoms. The number of benzene rings is 1. The number of carbonyl (C=O) groups excluding carboxylic acids is 1. The van der Waals surface area contributed by atoms with Gasteiger partial charge in [0.2, 0.25) is 0 Å². The normalized spacial score (nSPS) is 22.3. The number of nitro benzene ring substituents is 1. The molecule has 2 aliphatic rings. The first kappa shape index (κ1) is 16.7. The van der Waals surface area contributed by atoms with E-state index in [1.165, 1.54) is 19.2 Å². The Morgan fingerprint density at radius 3 is 2.83 bits per heavy atom. The Balaban J connectivity index is 1.77. The standard InChI is InChI=1S/C16H20N2O6/c1-22-15(19)13-9-11(4-5-14(13)18(20)21)17-12-3-2-6-16(10-12)23-7-8-24-16/h4-5,9,12,17H,2-3,6-8,10H2,1H3/t12-/m1/s1. The second kappa shape index (κ2) is 6.74. The van der Waals surface area contributed by atoms with Crippen molar-refractivity contribution in [3.8, 4) is 0 Å². The fourth-order valence-corrected chi connectivity index (χ4v) is 3.37. The number of methoxy groups -OCH3 is 1. The van der Waals surface area contributed by atoms with Crippen molar-refractivity contribution < 1.29 is 23.9 Å². The molecular formula is C16H20N2O6. The van der Waals surface area contributed by atoms with E-state index >= 15 is 0 Å². The lowest BCUT2D eigenvalue weighted by Crippen LogP contribution is -2.41. The summed E-state index contributed by atoms with van der Waals surface area (Å²) in [5, 5.41) is 14.4. The summed E-state index contributed by atoms with van der Waals surface area (Å²) < 4.78 is 16.1. The molecule has 1 aromatic rings. The van der Waals surface area contributed by atoms with E-state index < -0.39 is 16.7 Å². The topological polar surface area (TPSA) is 99.9 Å². The summed E-state index contributed by atoms with van der Waals surface area (Å²) >= 11 is 0. The Kier molecular flexibility index (Phi) is 4.68. The summed E-state index contributed by atoms with van der Waals surface area (Å²) in [6.45, 7) is 1.22. The van der Waals surface area contributed by atoms with Crippen LogP contribution in [0.15, 0.2) is 18.2 Å². The maximum Gasteiger partial charge on any atom is 0.344 e. The van der Waals surface area contributed by atoms with E-state index in [0.717, 1.165) is 19.3 Å². The van der Waals surface area contributed by atoms with Crippen LogP contribution in [0.5, 0.6) is 0 Å². The number of esters is 1. The van der Waals surface area contributed by atoms with Gasteiger partial charge in [0.1, 0.15) is 5.56 Å². The smallest absolute Gasteiger partial charge is 0.344 e. The van der Waals surface area contributed by atoms with Crippen molar-refractivity contribution >= 4 is 17.3 Å². The molecule has 24 heavy (non-hydrogen) atoms. The lowest BCUT2D eigenvalue weighted by molar-refractivity contribution is -0.385. The Bertz CT molecular complexity index is 641. The molecule has 1 atom stereocenters. The zero-order valence-electron chi connectivity index (χ0n) is 13.4. The summed E-state index contributed by atoms with van der Waals surface area (Å²) in [7, 11) is 1.20. The number of rotatable bonds is 4. The van der Waals surface area contributed by atoms with Gasteiger partial charge < -0.3 is 19.5 Å². The van der Waals surface area contributed by atoms with Crippen LogP contribution in [0.25, 0.3) is 0 Å². The van der Waals surface area contributed by atoms with Gasteiger partial charge in [-0.25, -0.2) is 4.79 Å². The fourth-order valence-electron chi connectivity index (χ4n) is 3.37. The molecule has 0 bridgehead atoms. The molecule has 1 N–H and O–H groups in total. The molecule has 0 amide bonds. The molecule has 2 fully saturated rings. The van der Waals surface area contributed by atoms with E-state index in [1.807, 2.05) is 0 Å². The highest BCUT2D eigenvalue weighted by atomic mass is 16.7. The molecule has 1 aliphatic heterocycles. The predicted molar refractivity (Wildman–Crippen MR) is 84.9 cm³/mol. The van der Waals surface area contributed by atoms with Crippen molar-refractivity contribution in [1.29, 1.82) is 0 Å². The number of ether oxygens (including phenoxy) is 3. The molecule has 8 nitrogen and oxygen atoms in total. The molecule has 1 aliphatic carbocycles. The third-order valence-electron chi connectivity index (χ3n) is 4.45. The number of anilines is 1. The highest BCUT2D eigenvalue weighted by Crippen LogP contribution is 2.37. The van der Waals surface area contributed by atoms with Crippen LogP contribution in [0.3, 0.4) is 0 Å². The van der Waals surface area contributed by atoms with Crippen molar-refractivity contribution in [1.82, 2.24) is 0 Å². The van der Waals surface area contributed by atoms with Gasteiger partial charge in [-0.15, -0.1) is 0 Å². The molecule has 130 valence electrons. The number of carbonyl (C=O) groups is 1. The average Bonchev–Trinajstić information content (AvgIpc) is 3.01. The van der Waals surface area contributed by atoms with E-state index in [2.05, 4.69) is 10.1 Å². The maximum atomic E-state index is 11.8. The third-order valence-corrected chi connectivity index (χ3v) is 4.45. The van der Waals surface area contributed by atoms with E-state index in [1.54, 1.807) is 6.07 Å². The summed E-state index contributed by atoms with van der Waals surface area (Å²) in [6.07, 6.45) is 3.49. The van der Waals surface area contributed by atoms with Gasteiger partial charge >= 0.3 is 5.97 Å². The Hall–Kier alpha value is -2.19. The SMILES string of the molecule is COC(=O)c1cc(N[C@@H]2CCCC3(C2)OCCO3)ccc1[N+](=O)[O-]. The van der Waals surface area contributed by atoms with E-state index in [-0.39, 0.29) is 17.3 Å². The Morgan fingerprint density at radius 1 is 1.42 bits per heavy atom. The van der Waals surface area contributed by atoms with E-state index in [0.29, 0.717) is 25.3 Å². The van der Waals surface area contributed by atoms with Gasteiger partial charge in [-0.05, 0) is 25.0 Å². The van der Waals surface area contributed by atoms with Gasteiger partial charge in [0.05, 0.1) is 25.2 Å². The fraction of sp³-hybridized carbons (Fsp3) is 0.562. The summed E-state index contributed by atoms with van der Waals surface area (Å²) in [6, 6.07) is 4.49. The van der Waals surface area contributed by atoms with Gasteiger partial charge in [-0.2, -0.15) is 0 Å². The molecule has 1 aromatic carbocycles. The lowest BCUT2D eigenvalue weighted by Gasteiger charge is -2.36. The minimum Gasteiger partial charge on any atom is -0.465 e. The van der Waals surface area contributed by atoms with Crippen LogP contribution in [0.2, 0.25) is 0 Å². The van der Waals surface area contributed by atoms with Crippen molar-refractivity contribution in [3.63, 3.8) is 0 Å². The van der Waals surface area contributed by atoms with Crippen LogP contribution in [-0.4, -0.2) is 43.0 Å². The summed E-state index contributed by atoms with van der Waals surface area (Å²) in [4.78, 5) is 22.3. The first-order chi connectivity index (χ1) is 11.5. The minimum absolute atomic E-state index is 0.0635. The van der Waals surface area contributed by atoms with Crippen LogP contribution >= 0.6 is 0 Å². The van der Waals surface area contributed by atoms with Crippen LogP contribution in [0.4, 0.5) is 11.4 Å². The zero-order chi connectivity index (χ0) is 17.2. The highest BCUT2D eigenvalue weighted by Gasteiger charge is 2.41. The largest absolute Gasteiger partial charge is 0.465 e. The van der Waals surface area contributed by atoms with Gasteiger partial charge in [-0.3, -0.25) is 10.1 Å². The second-order valence-electron chi connectivity index (χ2n) is 6.03. The van der Waals surface area contributed by atoms with E-state index in [4.69, 9.17) is 9.47 Å². The van der Waals surface area contributed by atoms with Gasteiger partial charge in [0, 0.05) is 30.6 Å². The zero-order valence-corrected chi connectivity index (χ0v) is 13.4. The van der Waals surface area contributed by atoms with Gasteiger partial charge in [0.25, 0.3) is 5.69 Å². The van der Waals surface area contributed by atoms with Crippen LogP contribution in [0.1, 0.15) is 36.0 Å². The Labute approximate surface area is 139 Å². The van der Waals surface area contributed by atoms with E-state index in [9.17, 15) is 14.9 Å². The first-order valence-corrected chi connectivity index (χ1v) is 7.94. The first-order valence-electron chi connectivity index (χ1n) is 7.94. The molecule has 1 saturated heterocycles. The summed E-state index contributed by atoms with van der Waals surface area (Å²) in [5.41, 5.74) is 0.308. The number of nitrogens with zero attached hydrogens (tertiary/aromatic N) is 1. The van der Waals surface area contributed by atoms with Crippen molar-refractivity contribution in [2.45, 2.75) is 37.5 Å². The number of nitro groups is 1. The quantitative estimate of drug-likeness (QED) is 0.512. The molecule has 8 heteroatoms. The molecular weight excluding hydrogens is 316 g/mol. The van der Waals surface area contributed by atoms with Crippen LogP contribution < -0.4 is 5.32 Å². The average molecular weight is 336 g/mol. The van der Waals surface area contributed by atoms with Crippen molar-refractivity contribution in [2.24, 2.45) is 0 Å². The van der Waals surface area contributed by atoms with Crippen LogP contribution in [0, 0.1) is 10.1 Å². The molecule has 1 heterocycles.